The molecule has 0 unspecified atom stereocenters. The van der Waals surface area contributed by atoms with Gasteiger partial charge in [0.25, 0.3) is 5.91 Å². The van der Waals surface area contributed by atoms with Gasteiger partial charge in [-0.15, -0.1) is 0 Å². The van der Waals surface area contributed by atoms with Gasteiger partial charge in [-0.25, -0.2) is 4.98 Å². The van der Waals surface area contributed by atoms with E-state index in [0.717, 1.165) is 44.3 Å². The van der Waals surface area contributed by atoms with Gasteiger partial charge in [-0.3, -0.25) is 4.79 Å². The van der Waals surface area contributed by atoms with Gasteiger partial charge in [-0.2, -0.15) is 0 Å². The van der Waals surface area contributed by atoms with Crippen molar-refractivity contribution in [2.45, 2.75) is 56.2 Å². The zero-order chi connectivity index (χ0) is 23.1. The van der Waals surface area contributed by atoms with Gasteiger partial charge in [-0.1, -0.05) is 30.3 Å². The summed E-state index contributed by atoms with van der Waals surface area (Å²) in [7, 11) is 2.10. The van der Waals surface area contributed by atoms with Crippen LogP contribution in [0.5, 0.6) is 0 Å². The Bertz CT molecular complexity index is 1150. The summed E-state index contributed by atoms with van der Waals surface area (Å²) in [6, 6.07) is 15.4. The first-order valence-corrected chi connectivity index (χ1v) is 12.7. The lowest BCUT2D eigenvalue weighted by molar-refractivity contribution is -0.174. The predicted octanol–water partition coefficient (Wildman–Crippen LogP) is 3.82. The Morgan fingerprint density at radius 1 is 1.15 bits per heavy atom. The fourth-order valence-corrected chi connectivity index (χ4v) is 6.65. The van der Waals surface area contributed by atoms with E-state index in [1.807, 2.05) is 18.5 Å². The molecule has 3 aromatic rings. The molecule has 1 amide bonds. The number of pyridine rings is 1. The second-order valence-corrected chi connectivity index (χ2v) is 10.6. The van der Waals surface area contributed by atoms with Crippen LogP contribution in [0.25, 0.3) is 11.0 Å². The monoisotopic (exact) mass is 458 g/mol. The van der Waals surface area contributed by atoms with Crippen LogP contribution in [0, 0.1) is 5.92 Å². The lowest BCUT2D eigenvalue weighted by Crippen LogP contribution is -2.64. The molecule has 3 aliphatic heterocycles. The maximum atomic E-state index is 14.2. The molecule has 6 heteroatoms. The number of nitrogens with one attached hydrogen (secondary N) is 1. The molecule has 0 aliphatic carbocycles. The van der Waals surface area contributed by atoms with Gasteiger partial charge in [0.15, 0.2) is 5.60 Å². The van der Waals surface area contributed by atoms with Crippen molar-refractivity contribution in [1.29, 1.82) is 0 Å². The highest BCUT2D eigenvalue weighted by Gasteiger charge is 2.52. The number of carbonyl (C=O) groups is 1. The third-order valence-corrected chi connectivity index (χ3v) is 8.15. The standard InChI is InChI=1S/C28H34N4O2/c1-31-11-12-34-28(19-31,17-20-5-3-2-4-6-20)27(33)32-24-7-8-25(32)16-21(15-24)13-22-14-23-9-10-29-26(23)30-18-22/h2-6,9-10,14,18,21,24-25H,7-8,11-13,15-17,19H2,1H3,(H,29,30)/t24-,25-,28-/m0/s1. The molecule has 178 valence electrons. The maximum absolute atomic E-state index is 14.2. The number of amides is 1. The zero-order valence-electron chi connectivity index (χ0n) is 20.0. The Kier molecular flexibility index (Phi) is 5.66. The summed E-state index contributed by atoms with van der Waals surface area (Å²) >= 11 is 0. The van der Waals surface area contributed by atoms with Crippen LogP contribution in [-0.4, -0.2) is 70.1 Å². The second kappa shape index (κ2) is 8.82. The van der Waals surface area contributed by atoms with Gasteiger partial charge in [0.1, 0.15) is 5.65 Å². The summed E-state index contributed by atoms with van der Waals surface area (Å²) in [5.74, 6) is 0.809. The van der Waals surface area contributed by atoms with Gasteiger partial charge < -0.3 is 19.5 Å². The van der Waals surface area contributed by atoms with E-state index in [1.54, 1.807) is 0 Å². The normalized spacial score (nSPS) is 29.6. The van der Waals surface area contributed by atoms with Crippen molar-refractivity contribution in [1.82, 2.24) is 19.8 Å². The van der Waals surface area contributed by atoms with Gasteiger partial charge in [0, 0.05) is 49.4 Å². The van der Waals surface area contributed by atoms with E-state index in [9.17, 15) is 4.79 Å². The average Bonchev–Trinajstić information content (AvgIpc) is 3.40. The fraction of sp³-hybridized carbons (Fsp3) is 0.500. The number of rotatable bonds is 5. The number of likely N-dealkylation sites (N-methyl/N-ethyl adjacent to an activating group) is 1. The Hall–Kier alpha value is -2.70. The number of carbonyl (C=O) groups excluding carboxylic acids is 1. The van der Waals surface area contributed by atoms with Crippen molar-refractivity contribution in [3.63, 3.8) is 0 Å². The summed E-state index contributed by atoms with van der Waals surface area (Å²) in [5.41, 5.74) is 2.63. The van der Waals surface area contributed by atoms with Crippen molar-refractivity contribution in [3.05, 3.63) is 66.0 Å². The molecule has 34 heavy (non-hydrogen) atoms. The maximum Gasteiger partial charge on any atom is 0.257 e. The van der Waals surface area contributed by atoms with Crippen LogP contribution in [0.4, 0.5) is 0 Å². The number of aromatic amines is 1. The Balaban J connectivity index is 1.20. The van der Waals surface area contributed by atoms with Gasteiger partial charge >= 0.3 is 0 Å². The minimum atomic E-state index is -0.786. The number of fused-ring (bicyclic) bond motifs is 3. The Labute approximate surface area is 201 Å². The third-order valence-electron chi connectivity index (χ3n) is 8.15. The molecule has 5 heterocycles. The third kappa shape index (κ3) is 4.03. The smallest absolute Gasteiger partial charge is 0.257 e. The molecule has 0 radical (unpaired) electrons. The molecule has 3 atom stereocenters. The highest BCUT2D eigenvalue weighted by molar-refractivity contribution is 5.87. The van der Waals surface area contributed by atoms with Crippen molar-refractivity contribution >= 4 is 16.9 Å². The SMILES string of the molecule is CN1CCO[C@](Cc2ccccc2)(C(=O)N2[C@H]3CC[C@H]2CC(Cc2cnc4[nH]ccc4c2)C3)C1. The number of H-pyrrole nitrogens is 1. The van der Waals surface area contributed by atoms with Gasteiger partial charge in [0.2, 0.25) is 0 Å². The molecule has 3 saturated heterocycles. The number of hydrogen-bond acceptors (Lipinski definition) is 4. The molecule has 2 bridgehead atoms. The van der Waals surface area contributed by atoms with Crippen LogP contribution >= 0.6 is 0 Å². The first kappa shape index (κ1) is 21.8. The van der Waals surface area contributed by atoms with E-state index in [-0.39, 0.29) is 5.91 Å². The molecule has 0 saturated carbocycles. The number of piperidine rings is 1. The van der Waals surface area contributed by atoms with Crippen molar-refractivity contribution in [2.75, 3.05) is 26.7 Å². The first-order valence-electron chi connectivity index (χ1n) is 12.7. The van der Waals surface area contributed by atoms with E-state index in [4.69, 9.17) is 4.74 Å². The predicted molar refractivity (Wildman–Crippen MR) is 133 cm³/mol. The zero-order valence-corrected chi connectivity index (χ0v) is 20.0. The molecule has 0 spiro atoms. The molecule has 3 fully saturated rings. The largest absolute Gasteiger partial charge is 0.362 e. The number of ether oxygens (including phenoxy) is 1. The number of nitrogens with zero attached hydrogens (tertiary/aromatic N) is 3. The molecule has 6 nitrogen and oxygen atoms in total. The molecule has 3 aliphatic rings. The highest BCUT2D eigenvalue weighted by Crippen LogP contribution is 2.42. The van der Waals surface area contributed by atoms with Crippen LogP contribution in [0.3, 0.4) is 0 Å². The average molecular weight is 459 g/mol. The Morgan fingerprint density at radius 3 is 2.71 bits per heavy atom. The first-order chi connectivity index (χ1) is 16.6. The molecule has 1 aromatic carbocycles. The van der Waals surface area contributed by atoms with Crippen LogP contribution in [0.2, 0.25) is 0 Å². The van der Waals surface area contributed by atoms with Crippen LogP contribution < -0.4 is 0 Å². The summed E-state index contributed by atoms with van der Waals surface area (Å²) in [4.78, 5) is 26.5. The van der Waals surface area contributed by atoms with E-state index in [2.05, 4.69) is 63.2 Å². The Morgan fingerprint density at radius 2 is 1.94 bits per heavy atom. The van der Waals surface area contributed by atoms with Crippen LogP contribution in [0.1, 0.15) is 36.8 Å². The molecular formula is C28H34N4O2. The van der Waals surface area contributed by atoms with Crippen molar-refractivity contribution in [3.8, 4) is 0 Å². The van der Waals surface area contributed by atoms with E-state index >= 15 is 0 Å². The summed E-state index contributed by atoms with van der Waals surface area (Å²) in [6.45, 7) is 2.14. The quantitative estimate of drug-likeness (QED) is 0.632. The number of benzene rings is 1. The molecular weight excluding hydrogens is 424 g/mol. The van der Waals surface area contributed by atoms with E-state index in [0.29, 0.717) is 37.6 Å². The number of hydrogen-bond donors (Lipinski definition) is 1. The fourth-order valence-electron chi connectivity index (χ4n) is 6.65. The van der Waals surface area contributed by atoms with Crippen LogP contribution in [0.15, 0.2) is 54.9 Å². The lowest BCUT2D eigenvalue weighted by atomic mass is 9.83. The van der Waals surface area contributed by atoms with Crippen LogP contribution in [-0.2, 0) is 22.4 Å². The van der Waals surface area contributed by atoms with Crippen molar-refractivity contribution in [2.24, 2.45) is 5.92 Å². The summed E-state index contributed by atoms with van der Waals surface area (Å²) < 4.78 is 6.39. The molecule has 6 rings (SSSR count). The summed E-state index contributed by atoms with van der Waals surface area (Å²) in [5, 5.41) is 1.18. The van der Waals surface area contributed by atoms with Gasteiger partial charge in [0.05, 0.1) is 6.61 Å². The van der Waals surface area contributed by atoms with E-state index in [1.165, 1.54) is 16.5 Å². The summed E-state index contributed by atoms with van der Waals surface area (Å²) in [6.07, 6.45) is 10.0. The second-order valence-electron chi connectivity index (χ2n) is 10.6. The van der Waals surface area contributed by atoms with Gasteiger partial charge in [-0.05, 0) is 68.3 Å². The molecule has 1 N–H and O–H groups in total. The lowest BCUT2D eigenvalue weighted by Gasteiger charge is -2.47. The minimum Gasteiger partial charge on any atom is -0.362 e. The number of morpholine rings is 1. The number of aromatic nitrogens is 2. The minimum absolute atomic E-state index is 0.212. The molecule has 2 aromatic heterocycles. The van der Waals surface area contributed by atoms with E-state index < -0.39 is 5.60 Å². The topological polar surface area (TPSA) is 61.5 Å². The highest BCUT2D eigenvalue weighted by atomic mass is 16.5. The van der Waals surface area contributed by atoms with Crippen molar-refractivity contribution < 1.29 is 9.53 Å².